The van der Waals surface area contributed by atoms with Crippen LogP contribution in [-0.2, 0) is 22.5 Å². The fraction of sp³-hybridized carbons (Fsp3) is 0.292. The van der Waals surface area contributed by atoms with Crippen LogP contribution in [0.25, 0.3) is 0 Å². The second kappa shape index (κ2) is 11.0. The maximum atomic E-state index is 13.6. The third kappa shape index (κ3) is 6.35. The number of ketones is 1. The predicted octanol–water partition coefficient (Wildman–Crippen LogP) is 4.23. The number of carbonyl (C=O) groups excluding carboxylic acids is 3. The van der Waals surface area contributed by atoms with Gasteiger partial charge in [-0.1, -0.05) is 6.07 Å². The molecule has 0 aliphatic carbocycles. The Hall–Kier alpha value is -3.33. The van der Waals surface area contributed by atoms with Gasteiger partial charge in [0.05, 0.1) is 12.0 Å². The Kier molecular flexibility index (Phi) is 8.11. The van der Waals surface area contributed by atoms with E-state index in [0.717, 1.165) is 36.5 Å². The Morgan fingerprint density at radius 1 is 1.09 bits per heavy atom. The van der Waals surface area contributed by atoms with Crippen molar-refractivity contribution in [1.29, 1.82) is 0 Å². The maximum Gasteiger partial charge on any atom is 0.308 e. The highest BCUT2D eigenvalue weighted by atomic mass is 32.1. The van der Waals surface area contributed by atoms with Crippen LogP contribution in [-0.4, -0.2) is 35.4 Å². The molecule has 0 saturated carbocycles. The van der Waals surface area contributed by atoms with Crippen LogP contribution in [0.1, 0.15) is 43.4 Å². The SMILES string of the molecule is Cc1cc(C(=O)COC(=O)CCNC(=O)c2ccc(F)cc2F)c(C)n1CCc1cccs1. The van der Waals surface area contributed by atoms with Gasteiger partial charge < -0.3 is 14.6 Å². The number of aromatic nitrogens is 1. The van der Waals surface area contributed by atoms with E-state index in [9.17, 15) is 23.2 Å². The second-order valence-corrected chi connectivity index (χ2v) is 8.51. The molecule has 3 rings (SSSR count). The first kappa shape index (κ1) is 24.3. The Morgan fingerprint density at radius 2 is 1.88 bits per heavy atom. The number of rotatable bonds is 10. The topological polar surface area (TPSA) is 77.4 Å². The fourth-order valence-electron chi connectivity index (χ4n) is 3.45. The van der Waals surface area contributed by atoms with Crippen LogP contribution in [0, 0.1) is 25.5 Å². The summed E-state index contributed by atoms with van der Waals surface area (Å²) in [6.07, 6.45) is 0.672. The second-order valence-electron chi connectivity index (χ2n) is 7.48. The van der Waals surface area contributed by atoms with Gasteiger partial charge in [-0.15, -0.1) is 11.3 Å². The number of nitrogens with one attached hydrogen (secondary N) is 1. The summed E-state index contributed by atoms with van der Waals surface area (Å²) >= 11 is 1.69. The molecule has 0 spiro atoms. The predicted molar refractivity (Wildman–Crippen MR) is 121 cm³/mol. The number of esters is 1. The van der Waals surface area contributed by atoms with Gasteiger partial charge in [0.2, 0.25) is 5.78 Å². The van der Waals surface area contributed by atoms with Crippen molar-refractivity contribution >= 4 is 29.0 Å². The third-order valence-corrected chi connectivity index (χ3v) is 6.13. The Balaban J connectivity index is 1.45. The minimum absolute atomic E-state index is 0.111. The van der Waals surface area contributed by atoms with Gasteiger partial charge >= 0.3 is 5.97 Å². The lowest BCUT2D eigenvalue weighted by molar-refractivity contribution is -0.142. The summed E-state index contributed by atoms with van der Waals surface area (Å²) in [5.41, 5.74) is 1.95. The van der Waals surface area contributed by atoms with E-state index in [1.807, 2.05) is 25.3 Å². The zero-order valence-electron chi connectivity index (χ0n) is 18.3. The van der Waals surface area contributed by atoms with Crippen molar-refractivity contribution in [2.45, 2.75) is 33.2 Å². The molecule has 6 nitrogen and oxygen atoms in total. The number of benzene rings is 1. The average molecular weight is 475 g/mol. The van der Waals surface area contributed by atoms with E-state index < -0.39 is 30.1 Å². The molecule has 2 aromatic heterocycles. The van der Waals surface area contributed by atoms with E-state index in [-0.39, 0.29) is 24.3 Å². The monoisotopic (exact) mass is 474 g/mol. The molecule has 33 heavy (non-hydrogen) atoms. The van der Waals surface area contributed by atoms with Crippen LogP contribution >= 0.6 is 11.3 Å². The smallest absolute Gasteiger partial charge is 0.308 e. The summed E-state index contributed by atoms with van der Waals surface area (Å²) in [7, 11) is 0. The molecule has 0 saturated heterocycles. The highest BCUT2D eigenvalue weighted by molar-refractivity contribution is 7.09. The summed E-state index contributed by atoms with van der Waals surface area (Å²) in [4.78, 5) is 37.7. The van der Waals surface area contributed by atoms with Gasteiger partial charge in [-0.2, -0.15) is 0 Å². The zero-order chi connectivity index (χ0) is 24.0. The van der Waals surface area contributed by atoms with Crippen LogP contribution < -0.4 is 5.32 Å². The molecule has 0 radical (unpaired) electrons. The first-order valence-corrected chi connectivity index (χ1v) is 11.3. The van der Waals surface area contributed by atoms with E-state index in [1.165, 1.54) is 4.88 Å². The molecule has 0 unspecified atom stereocenters. The van der Waals surface area contributed by atoms with E-state index in [1.54, 1.807) is 17.4 Å². The Labute approximate surface area is 194 Å². The highest BCUT2D eigenvalue weighted by Crippen LogP contribution is 2.18. The minimum Gasteiger partial charge on any atom is -0.457 e. The molecule has 1 amide bonds. The zero-order valence-corrected chi connectivity index (χ0v) is 19.1. The lowest BCUT2D eigenvalue weighted by Gasteiger charge is -2.09. The van der Waals surface area contributed by atoms with Gasteiger partial charge in [0.1, 0.15) is 11.6 Å². The van der Waals surface area contributed by atoms with Crippen molar-refractivity contribution in [1.82, 2.24) is 9.88 Å². The van der Waals surface area contributed by atoms with Gasteiger partial charge in [0, 0.05) is 41.0 Å². The molecule has 0 bridgehead atoms. The summed E-state index contributed by atoms with van der Waals surface area (Å²) in [6.45, 7) is 4.02. The largest absolute Gasteiger partial charge is 0.457 e. The highest BCUT2D eigenvalue weighted by Gasteiger charge is 2.18. The van der Waals surface area contributed by atoms with Gasteiger partial charge in [-0.3, -0.25) is 14.4 Å². The summed E-state index contributed by atoms with van der Waals surface area (Å²) in [5.74, 6) is -3.54. The van der Waals surface area contributed by atoms with E-state index in [2.05, 4.69) is 16.0 Å². The molecule has 0 fully saturated rings. The molecular formula is C24H24F2N2O4S. The van der Waals surface area contributed by atoms with Gasteiger partial charge in [-0.05, 0) is 49.9 Å². The molecular weight excluding hydrogens is 450 g/mol. The number of Topliss-reactive ketones (excluding diaryl/α,β-unsaturated/α-hetero) is 1. The van der Waals surface area contributed by atoms with Crippen LogP contribution in [0.15, 0.2) is 41.8 Å². The molecule has 9 heteroatoms. The minimum atomic E-state index is -0.992. The first-order chi connectivity index (χ1) is 15.8. The Morgan fingerprint density at radius 3 is 2.58 bits per heavy atom. The van der Waals surface area contributed by atoms with Crippen LogP contribution in [0.5, 0.6) is 0 Å². The third-order valence-electron chi connectivity index (χ3n) is 5.19. The fourth-order valence-corrected chi connectivity index (χ4v) is 4.15. The van der Waals surface area contributed by atoms with Crippen LogP contribution in [0.2, 0.25) is 0 Å². The normalized spacial score (nSPS) is 10.8. The molecule has 1 N–H and O–H groups in total. The van der Waals surface area contributed by atoms with E-state index >= 15 is 0 Å². The summed E-state index contributed by atoms with van der Waals surface area (Å²) in [6, 6.07) is 8.46. The van der Waals surface area contributed by atoms with Crippen molar-refractivity contribution in [3.8, 4) is 0 Å². The molecule has 3 aromatic rings. The van der Waals surface area contributed by atoms with Crippen molar-refractivity contribution in [3.63, 3.8) is 0 Å². The van der Waals surface area contributed by atoms with Gasteiger partial charge in [0.15, 0.2) is 6.61 Å². The number of hydrogen-bond donors (Lipinski definition) is 1. The molecule has 0 atom stereocenters. The summed E-state index contributed by atoms with van der Waals surface area (Å²) < 4.78 is 33.6. The maximum absolute atomic E-state index is 13.6. The molecule has 174 valence electrons. The average Bonchev–Trinajstić information content (AvgIpc) is 3.38. The number of ether oxygens (including phenoxy) is 1. The number of carbonyl (C=O) groups is 3. The lowest BCUT2D eigenvalue weighted by atomic mass is 10.1. The Bertz CT molecular complexity index is 1160. The van der Waals surface area contributed by atoms with Crippen molar-refractivity contribution < 1.29 is 27.9 Å². The standard InChI is InChI=1S/C24H24F2N2O4S/c1-15-12-20(16(2)28(15)10-8-18-4-3-11-33-18)22(29)14-32-23(30)7-9-27-24(31)19-6-5-17(25)13-21(19)26/h3-6,11-13H,7-10,14H2,1-2H3,(H,27,31). The number of halogens is 2. The molecule has 0 aliphatic rings. The molecule has 2 heterocycles. The lowest BCUT2D eigenvalue weighted by Crippen LogP contribution is -2.27. The van der Waals surface area contributed by atoms with Crippen molar-refractivity contribution in [3.05, 3.63) is 80.8 Å². The molecule has 1 aromatic carbocycles. The van der Waals surface area contributed by atoms with Crippen molar-refractivity contribution in [2.75, 3.05) is 13.2 Å². The quantitative estimate of drug-likeness (QED) is 0.352. The van der Waals surface area contributed by atoms with Crippen LogP contribution in [0.4, 0.5) is 8.78 Å². The number of aryl methyl sites for hydroxylation is 2. The number of nitrogens with zero attached hydrogens (tertiary/aromatic N) is 1. The first-order valence-electron chi connectivity index (χ1n) is 10.4. The molecule has 0 aliphatic heterocycles. The van der Waals surface area contributed by atoms with Gasteiger partial charge in [0.25, 0.3) is 5.91 Å². The summed E-state index contributed by atoms with van der Waals surface area (Å²) in [5, 5.41) is 4.39. The number of thiophene rings is 1. The van der Waals surface area contributed by atoms with Crippen molar-refractivity contribution in [2.24, 2.45) is 0 Å². The van der Waals surface area contributed by atoms with E-state index in [0.29, 0.717) is 11.6 Å². The van der Waals surface area contributed by atoms with Crippen LogP contribution in [0.3, 0.4) is 0 Å². The number of amides is 1. The van der Waals surface area contributed by atoms with E-state index in [4.69, 9.17) is 4.74 Å². The van der Waals surface area contributed by atoms with Gasteiger partial charge in [-0.25, -0.2) is 8.78 Å². The number of hydrogen-bond acceptors (Lipinski definition) is 5.